The first kappa shape index (κ1) is 18.9. The number of imidazole rings is 1. The van der Waals surface area contributed by atoms with Crippen LogP contribution in [0.3, 0.4) is 0 Å². The number of methoxy groups -OCH3 is 1. The Bertz CT molecular complexity index is 968. The molecule has 0 aliphatic heterocycles. The van der Waals surface area contributed by atoms with Crippen LogP contribution in [0.15, 0.2) is 42.9 Å². The van der Waals surface area contributed by atoms with E-state index in [-0.39, 0.29) is 5.69 Å². The molecule has 0 saturated carbocycles. The van der Waals surface area contributed by atoms with Crippen molar-refractivity contribution in [2.75, 3.05) is 7.11 Å². The maximum atomic E-state index is 11.0. The van der Waals surface area contributed by atoms with Crippen molar-refractivity contribution in [1.29, 1.82) is 0 Å². The van der Waals surface area contributed by atoms with Crippen LogP contribution in [0.25, 0.3) is 5.69 Å². The Morgan fingerprint density at radius 3 is 2.67 bits per heavy atom. The molecule has 0 radical (unpaired) electrons. The number of amides is 1. The number of benzene rings is 1. The third-order valence-electron chi connectivity index (χ3n) is 4.34. The van der Waals surface area contributed by atoms with Crippen LogP contribution in [-0.4, -0.2) is 27.6 Å². The Hall–Kier alpha value is -2.86. The fraction of sp³-hybridized carbons (Fsp3) is 0.250. The number of halogens is 1. The number of fused-ring (bicyclic) bond motifs is 1. The molecule has 1 aromatic carbocycles. The van der Waals surface area contributed by atoms with Gasteiger partial charge in [0.1, 0.15) is 11.4 Å². The van der Waals surface area contributed by atoms with Crippen molar-refractivity contribution in [3.63, 3.8) is 0 Å². The van der Waals surface area contributed by atoms with Crippen LogP contribution in [0, 0.1) is 6.92 Å². The molecule has 0 bridgehead atoms. The highest BCUT2D eigenvalue weighted by Gasteiger charge is 2.11. The number of hydrogen-bond acceptors (Lipinski definition) is 4. The van der Waals surface area contributed by atoms with Crippen molar-refractivity contribution in [1.82, 2.24) is 14.5 Å². The first-order chi connectivity index (χ1) is 13.0. The molecule has 1 aliphatic carbocycles. The summed E-state index contributed by atoms with van der Waals surface area (Å²) in [6, 6.07) is 9.48. The second kappa shape index (κ2) is 8.22. The second-order valence-electron chi connectivity index (χ2n) is 6.28. The maximum Gasteiger partial charge on any atom is 0.267 e. The van der Waals surface area contributed by atoms with E-state index in [2.05, 4.69) is 22.1 Å². The van der Waals surface area contributed by atoms with E-state index in [1.165, 1.54) is 37.5 Å². The summed E-state index contributed by atoms with van der Waals surface area (Å²) in [5.41, 5.74) is 9.85. The minimum atomic E-state index is -0.586. The molecule has 2 heterocycles. The smallest absolute Gasteiger partial charge is 0.267 e. The summed E-state index contributed by atoms with van der Waals surface area (Å²) >= 11 is 5.82. The topological polar surface area (TPSA) is 83.0 Å². The molecule has 0 atom stereocenters. The van der Waals surface area contributed by atoms with Gasteiger partial charge < -0.3 is 15.0 Å². The number of rotatable bonds is 3. The van der Waals surface area contributed by atoms with E-state index < -0.39 is 5.91 Å². The Morgan fingerprint density at radius 2 is 2.00 bits per heavy atom. The number of primary amides is 1. The quantitative estimate of drug-likeness (QED) is 0.749. The molecular formula is C20H21ClN4O2. The molecule has 6 nitrogen and oxygen atoms in total. The number of nitrogens with two attached hydrogens (primary N) is 1. The summed E-state index contributed by atoms with van der Waals surface area (Å²) in [7, 11) is 1.49. The van der Waals surface area contributed by atoms with Gasteiger partial charge in [-0.05, 0) is 61.6 Å². The molecule has 3 aromatic rings. The highest BCUT2D eigenvalue weighted by Crippen LogP contribution is 2.24. The van der Waals surface area contributed by atoms with Crippen LogP contribution in [0.5, 0.6) is 5.88 Å². The van der Waals surface area contributed by atoms with Gasteiger partial charge in [-0.3, -0.25) is 4.79 Å². The van der Waals surface area contributed by atoms with Crippen LogP contribution in [0.4, 0.5) is 0 Å². The van der Waals surface area contributed by atoms with Gasteiger partial charge in [0.15, 0.2) is 0 Å². The van der Waals surface area contributed by atoms with Gasteiger partial charge in [-0.1, -0.05) is 17.7 Å². The van der Waals surface area contributed by atoms with E-state index in [0.717, 1.165) is 10.7 Å². The van der Waals surface area contributed by atoms with E-state index in [1.54, 1.807) is 23.0 Å². The van der Waals surface area contributed by atoms with Crippen molar-refractivity contribution in [2.24, 2.45) is 5.73 Å². The molecule has 7 heteroatoms. The number of aromatic nitrogens is 3. The van der Waals surface area contributed by atoms with Crippen LogP contribution >= 0.6 is 11.6 Å². The summed E-state index contributed by atoms with van der Waals surface area (Å²) in [5.74, 6) is -0.254. The molecular weight excluding hydrogens is 364 g/mol. The molecule has 4 rings (SSSR count). The summed E-state index contributed by atoms with van der Waals surface area (Å²) in [6.45, 7) is 1.88. The molecule has 0 fully saturated rings. The van der Waals surface area contributed by atoms with Crippen LogP contribution < -0.4 is 10.5 Å². The van der Waals surface area contributed by atoms with Crippen molar-refractivity contribution in [3.8, 4) is 11.6 Å². The predicted octanol–water partition coefficient (Wildman–Crippen LogP) is 3.51. The minimum absolute atomic E-state index is 0.169. The number of hydrogen-bond donors (Lipinski definition) is 1. The fourth-order valence-electron chi connectivity index (χ4n) is 3.01. The van der Waals surface area contributed by atoms with Gasteiger partial charge in [-0.25, -0.2) is 9.97 Å². The molecule has 1 aliphatic rings. The average Bonchev–Trinajstić information content (AvgIpc) is 3.30. The second-order valence-corrected chi connectivity index (χ2v) is 6.71. The van der Waals surface area contributed by atoms with E-state index >= 15 is 0 Å². The van der Waals surface area contributed by atoms with Gasteiger partial charge in [-0.15, -0.1) is 0 Å². The molecule has 140 valence electrons. The first-order valence-corrected chi connectivity index (χ1v) is 8.99. The number of carbonyl (C=O) groups excluding carboxylic acids is 1. The average molecular weight is 385 g/mol. The largest absolute Gasteiger partial charge is 0.479 e. The van der Waals surface area contributed by atoms with Gasteiger partial charge in [0.2, 0.25) is 5.88 Å². The predicted molar refractivity (Wildman–Crippen MR) is 105 cm³/mol. The lowest BCUT2D eigenvalue weighted by atomic mass is 10.1. The van der Waals surface area contributed by atoms with Crippen LogP contribution in [0.1, 0.15) is 33.7 Å². The van der Waals surface area contributed by atoms with Crippen molar-refractivity contribution in [2.45, 2.75) is 26.2 Å². The van der Waals surface area contributed by atoms with Gasteiger partial charge in [0.05, 0.1) is 19.1 Å². The van der Waals surface area contributed by atoms with Crippen LogP contribution in [-0.2, 0) is 12.8 Å². The Kier molecular flexibility index (Phi) is 5.76. The van der Waals surface area contributed by atoms with Crippen molar-refractivity contribution in [3.05, 3.63) is 70.4 Å². The molecule has 0 spiro atoms. The van der Waals surface area contributed by atoms with E-state index in [9.17, 15) is 4.79 Å². The monoisotopic (exact) mass is 384 g/mol. The molecule has 2 aromatic heterocycles. The number of nitrogens with zero attached hydrogens (tertiary/aromatic N) is 3. The van der Waals surface area contributed by atoms with E-state index in [1.807, 2.05) is 19.2 Å². The van der Waals surface area contributed by atoms with E-state index in [4.69, 9.17) is 22.1 Å². The summed E-state index contributed by atoms with van der Waals surface area (Å²) in [5, 5.41) is 0.876. The molecule has 27 heavy (non-hydrogen) atoms. The van der Waals surface area contributed by atoms with Gasteiger partial charge >= 0.3 is 0 Å². The van der Waals surface area contributed by atoms with Crippen LogP contribution in [0.2, 0.25) is 5.02 Å². The van der Waals surface area contributed by atoms with Crippen molar-refractivity contribution < 1.29 is 9.53 Å². The zero-order valence-electron chi connectivity index (χ0n) is 15.3. The molecule has 2 N–H and O–H groups in total. The lowest BCUT2D eigenvalue weighted by Crippen LogP contribution is -2.14. The molecule has 1 amide bonds. The molecule has 0 unspecified atom stereocenters. The number of pyridine rings is 1. The number of ether oxygens (including phenoxy) is 1. The summed E-state index contributed by atoms with van der Waals surface area (Å²) in [6.07, 6.45) is 7.25. The van der Waals surface area contributed by atoms with Gasteiger partial charge in [-0.2, -0.15) is 0 Å². The third-order valence-corrected chi connectivity index (χ3v) is 4.57. The third kappa shape index (κ3) is 4.46. The highest BCUT2D eigenvalue weighted by molar-refractivity contribution is 6.30. The number of carbonyl (C=O) groups is 1. The maximum absolute atomic E-state index is 11.0. The zero-order valence-corrected chi connectivity index (χ0v) is 16.0. The first-order valence-electron chi connectivity index (χ1n) is 8.61. The van der Waals surface area contributed by atoms with E-state index in [0.29, 0.717) is 11.6 Å². The highest BCUT2D eigenvalue weighted by atomic mass is 35.5. The lowest BCUT2D eigenvalue weighted by Gasteiger charge is -2.08. The minimum Gasteiger partial charge on any atom is -0.479 e. The normalized spacial score (nSPS) is 12.1. The standard InChI is InChI=1S/C11H12N4O2.C9H9Cl/c1-7-5-15(6-13-7)9-4-3-8(10(12)16)14-11(9)17-2;10-9-5-4-7-2-1-3-8(7)6-9/h3-6H,1-2H3,(H2,12,16);4-6H,1-3H2. The fourth-order valence-corrected chi connectivity index (χ4v) is 3.21. The number of aryl methyl sites for hydroxylation is 3. The summed E-state index contributed by atoms with van der Waals surface area (Å²) < 4.78 is 6.90. The molecule has 0 saturated heterocycles. The Morgan fingerprint density at radius 1 is 1.22 bits per heavy atom. The lowest BCUT2D eigenvalue weighted by molar-refractivity contribution is 0.0994. The van der Waals surface area contributed by atoms with Crippen molar-refractivity contribution >= 4 is 17.5 Å². The van der Waals surface area contributed by atoms with Gasteiger partial charge in [0.25, 0.3) is 5.91 Å². The van der Waals surface area contributed by atoms with Gasteiger partial charge in [0, 0.05) is 11.2 Å². The SMILES string of the molecule is COc1nc(C(N)=O)ccc1-n1cnc(C)c1.Clc1ccc2c(c1)CCC2. The summed E-state index contributed by atoms with van der Waals surface area (Å²) in [4.78, 5) is 19.2. The Labute approximate surface area is 163 Å². The Balaban J connectivity index is 0.000000177. The zero-order chi connectivity index (χ0) is 19.4.